The third-order valence-electron chi connectivity index (χ3n) is 4.01. The molecular weight excluding hydrogens is 347 g/mol. The Kier molecular flexibility index (Phi) is 6.90. The molecule has 136 valence electrons. The number of rotatable bonds is 4. The first-order valence-electron chi connectivity index (χ1n) is 8.31. The van der Waals surface area contributed by atoms with Gasteiger partial charge in [-0.15, -0.1) is 0 Å². The van der Waals surface area contributed by atoms with Gasteiger partial charge in [0.05, 0.1) is 0 Å². The lowest BCUT2D eigenvalue weighted by Crippen LogP contribution is -2.29. The molecule has 26 heavy (non-hydrogen) atoms. The zero-order valence-electron chi connectivity index (χ0n) is 14.6. The minimum atomic E-state index is -4.57. The summed E-state index contributed by atoms with van der Waals surface area (Å²) in [7, 11) is -4.57. The van der Waals surface area contributed by atoms with E-state index in [0.29, 0.717) is 16.7 Å². The summed E-state index contributed by atoms with van der Waals surface area (Å²) in [4.78, 5) is 20.8. The minimum Gasteiger partial charge on any atom is -0.397 e. The van der Waals surface area contributed by atoms with Crippen molar-refractivity contribution in [1.29, 1.82) is 0 Å². The summed E-state index contributed by atoms with van der Waals surface area (Å²) in [6.07, 6.45) is 0. The topological polar surface area (TPSA) is 77.8 Å². The average molecular weight is 370 g/mol. The molecule has 0 atom stereocenters. The fourth-order valence-corrected chi connectivity index (χ4v) is 4.50. The standard InChI is InChI=1S/C19H17O3P.C2H6O/c20-23(21,22)19(16-10-4-1-5-11-16,17-12-6-2-7-13-17)18-14-8-3-9-15-18;1-2-3/h1-15H,(H2,20,21,22);3H,2H2,1H3. The normalized spacial score (nSPS) is 11.4. The summed E-state index contributed by atoms with van der Waals surface area (Å²) in [5.41, 5.74) is 1.72. The van der Waals surface area contributed by atoms with Crippen LogP contribution in [0.4, 0.5) is 0 Å². The first kappa shape index (κ1) is 20.1. The summed E-state index contributed by atoms with van der Waals surface area (Å²) >= 11 is 0. The van der Waals surface area contributed by atoms with Gasteiger partial charge in [0.1, 0.15) is 5.16 Å². The van der Waals surface area contributed by atoms with Crippen LogP contribution in [0.5, 0.6) is 0 Å². The first-order chi connectivity index (χ1) is 12.5. The Morgan fingerprint density at radius 2 is 0.923 bits per heavy atom. The van der Waals surface area contributed by atoms with Crippen LogP contribution < -0.4 is 0 Å². The summed E-state index contributed by atoms with van der Waals surface area (Å²) in [6, 6.07) is 26.9. The predicted molar refractivity (Wildman–Crippen MR) is 104 cm³/mol. The summed E-state index contributed by atoms with van der Waals surface area (Å²) in [6.45, 7) is 1.93. The van der Waals surface area contributed by atoms with Crippen molar-refractivity contribution in [1.82, 2.24) is 0 Å². The van der Waals surface area contributed by atoms with Gasteiger partial charge in [-0.1, -0.05) is 91.0 Å². The Hall–Kier alpha value is -2.23. The van der Waals surface area contributed by atoms with E-state index < -0.39 is 12.8 Å². The van der Waals surface area contributed by atoms with E-state index in [2.05, 4.69) is 0 Å². The lowest BCUT2D eigenvalue weighted by Gasteiger charge is -2.36. The van der Waals surface area contributed by atoms with Crippen molar-refractivity contribution in [3.05, 3.63) is 108 Å². The van der Waals surface area contributed by atoms with Crippen LogP contribution in [0.3, 0.4) is 0 Å². The summed E-state index contributed by atoms with van der Waals surface area (Å²) < 4.78 is 12.7. The van der Waals surface area contributed by atoms with Gasteiger partial charge in [0.25, 0.3) is 0 Å². The van der Waals surface area contributed by atoms with Gasteiger partial charge in [0.2, 0.25) is 0 Å². The van der Waals surface area contributed by atoms with Crippen LogP contribution in [0.25, 0.3) is 0 Å². The van der Waals surface area contributed by atoms with Gasteiger partial charge in [-0.05, 0) is 23.6 Å². The van der Waals surface area contributed by atoms with Crippen molar-refractivity contribution in [2.75, 3.05) is 6.61 Å². The van der Waals surface area contributed by atoms with Crippen LogP contribution in [0.1, 0.15) is 23.6 Å². The zero-order valence-corrected chi connectivity index (χ0v) is 15.5. The fraction of sp³-hybridized carbons (Fsp3) is 0.143. The fourth-order valence-electron chi connectivity index (χ4n) is 3.04. The molecular formula is C21H23O4P. The van der Waals surface area contributed by atoms with E-state index in [1.807, 2.05) is 18.2 Å². The van der Waals surface area contributed by atoms with Crippen molar-refractivity contribution in [2.24, 2.45) is 0 Å². The van der Waals surface area contributed by atoms with E-state index >= 15 is 0 Å². The highest BCUT2D eigenvalue weighted by atomic mass is 31.2. The van der Waals surface area contributed by atoms with Crippen molar-refractivity contribution < 1.29 is 19.5 Å². The lowest BCUT2D eigenvalue weighted by molar-refractivity contribution is 0.318. The molecule has 0 aliphatic heterocycles. The third kappa shape index (κ3) is 3.95. The molecule has 0 bridgehead atoms. The molecule has 0 aromatic heterocycles. The minimum absolute atomic E-state index is 0.250. The molecule has 0 heterocycles. The van der Waals surface area contributed by atoms with Crippen molar-refractivity contribution in [3.8, 4) is 0 Å². The van der Waals surface area contributed by atoms with Gasteiger partial charge in [0.15, 0.2) is 0 Å². The van der Waals surface area contributed by atoms with E-state index in [9.17, 15) is 14.4 Å². The van der Waals surface area contributed by atoms with Gasteiger partial charge in [-0.25, -0.2) is 0 Å². The summed E-state index contributed by atoms with van der Waals surface area (Å²) in [5.74, 6) is 0. The van der Waals surface area contributed by atoms with Crippen molar-refractivity contribution in [2.45, 2.75) is 12.1 Å². The molecule has 3 N–H and O–H groups in total. The van der Waals surface area contributed by atoms with Gasteiger partial charge in [-0.3, -0.25) is 4.57 Å². The highest BCUT2D eigenvalue weighted by molar-refractivity contribution is 7.53. The molecule has 0 aliphatic rings. The Morgan fingerprint density at radius 3 is 1.12 bits per heavy atom. The number of hydrogen-bond acceptors (Lipinski definition) is 2. The SMILES string of the molecule is CCO.O=P(O)(O)C(c1ccccc1)(c1ccccc1)c1ccccc1. The number of benzene rings is 3. The van der Waals surface area contributed by atoms with E-state index in [1.54, 1.807) is 79.7 Å². The molecule has 0 saturated heterocycles. The van der Waals surface area contributed by atoms with Gasteiger partial charge in [0, 0.05) is 6.61 Å². The third-order valence-corrected chi connectivity index (χ3v) is 5.66. The highest BCUT2D eigenvalue weighted by Crippen LogP contribution is 2.64. The lowest BCUT2D eigenvalue weighted by atomic mass is 9.84. The number of aliphatic hydroxyl groups is 1. The second-order valence-electron chi connectivity index (χ2n) is 5.67. The van der Waals surface area contributed by atoms with Crippen LogP contribution in [0.2, 0.25) is 0 Å². The Labute approximate surface area is 153 Å². The number of hydrogen-bond donors (Lipinski definition) is 3. The first-order valence-corrected chi connectivity index (χ1v) is 9.92. The maximum atomic E-state index is 12.7. The van der Waals surface area contributed by atoms with E-state index in [0.717, 1.165) is 0 Å². The van der Waals surface area contributed by atoms with Crippen molar-refractivity contribution >= 4 is 7.60 Å². The molecule has 5 heteroatoms. The second kappa shape index (κ2) is 8.93. The zero-order chi connectivity index (χ0) is 19.0. The number of aliphatic hydroxyl groups excluding tert-OH is 1. The molecule has 0 radical (unpaired) electrons. The van der Waals surface area contributed by atoms with E-state index in [1.165, 1.54) is 0 Å². The molecule has 0 unspecified atom stereocenters. The second-order valence-corrected chi connectivity index (χ2v) is 7.43. The van der Waals surface area contributed by atoms with E-state index in [4.69, 9.17) is 5.11 Å². The molecule has 0 aliphatic carbocycles. The molecule has 0 amide bonds. The summed E-state index contributed by atoms with van der Waals surface area (Å²) in [5, 5.41) is 6.05. The van der Waals surface area contributed by atoms with Gasteiger partial charge in [-0.2, -0.15) is 0 Å². The Balaban J connectivity index is 0.000000758. The Bertz CT molecular complexity index is 733. The largest absolute Gasteiger partial charge is 0.397 e. The van der Waals surface area contributed by atoms with Crippen LogP contribution in [0.15, 0.2) is 91.0 Å². The molecule has 4 nitrogen and oxygen atoms in total. The predicted octanol–water partition coefficient (Wildman–Crippen LogP) is 4.15. The molecule has 0 saturated carbocycles. The molecule has 3 aromatic carbocycles. The highest BCUT2D eigenvalue weighted by Gasteiger charge is 2.51. The Morgan fingerprint density at radius 1 is 0.692 bits per heavy atom. The van der Waals surface area contributed by atoms with Crippen LogP contribution >= 0.6 is 7.60 Å². The smallest absolute Gasteiger partial charge is 0.344 e. The van der Waals surface area contributed by atoms with Crippen LogP contribution in [-0.4, -0.2) is 21.5 Å². The molecule has 3 rings (SSSR count). The van der Waals surface area contributed by atoms with Crippen molar-refractivity contribution in [3.63, 3.8) is 0 Å². The maximum absolute atomic E-state index is 12.7. The quantitative estimate of drug-likeness (QED) is 0.476. The molecule has 0 spiro atoms. The maximum Gasteiger partial charge on any atom is 0.344 e. The average Bonchev–Trinajstić information content (AvgIpc) is 2.65. The van der Waals surface area contributed by atoms with Gasteiger partial charge >= 0.3 is 7.60 Å². The van der Waals surface area contributed by atoms with Gasteiger partial charge < -0.3 is 14.9 Å². The monoisotopic (exact) mass is 370 g/mol. The molecule has 0 fully saturated rings. The van der Waals surface area contributed by atoms with Crippen LogP contribution in [0, 0.1) is 0 Å². The molecule has 3 aromatic rings. The van der Waals surface area contributed by atoms with Crippen LogP contribution in [-0.2, 0) is 9.72 Å². The van der Waals surface area contributed by atoms with E-state index in [-0.39, 0.29) is 6.61 Å².